The van der Waals surface area contributed by atoms with E-state index in [1.54, 1.807) is 19.2 Å². The quantitative estimate of drug-likeness (QED) is 0.665. The van der Waals surface area contributed by atoms with E-state index in [1.165, 1.54) is 17.5 Å². The monoisotopic (exact) mass is 354 g/mol. The van der Waals surface area contributed by atoms with E-state index in [1.807, 2.05) is 18.2 Å². The van der Waals surface area contributed by atoms with Crippen molar-refractivity contribution in [2.75, 3.05) is 17.7 Å². The van der Waals surface area contributed by atoms with E-state index >= 15 is 0 Å². The van der Waals surface area contributed by atoms with Crippen LogP contribution in [0.15, 0.2) is 54.9 Å². The van der Waals surface area contributed by atoms with Crippen molar-refractivity contribution in [2.24, 2.45) is 0 Å². The van der Waals surface area contributed by atoms with Gasteiger partial charge in [0.1, 0.15) is 23.7 Å². The van der Waals surface area contributed by atoms with Crippen molar-refractivity contribution >= 4 is 28.9 Å². The molecule has 0 radical (unpaired) electrons. The summed E-state index contributed by atoms with van der Waals surface area (Å²) in [7, 11) is 1.61. The second kappa shape index (κ2) is 7.85. The predicted molar refractivity (Wildman–Crippen MR) is 102 cm³/mol. The Morgan fingerprint density at radius 2 is 1.88 bits per heavy atom. The molecule has 0 aliphatic heterocycles. The first-order valence-electron chi connectivity index (χ1n) is 7.86. The number of aryl methyl sites for hydroxylation is 1. The normalized spacial score (nSPS) is 10.4. The maximum absolute atomic E-state index is 6.06. The highest BCUT2D eigenvalue weighted by atomic mass is 35.5. The zero-order chi connectivity index (χ0) is 17.6. The Balaban J connectivity index is 1.72. The van der Waals surface area contributed by atoms with Crippen molar-refractivity contribution < 1.29 is 4.74 Å². The van der Waals surface area contributed by atoms with Crippen LogP contribution in [0.5, 0.6) is 5.75 Å². The van der Waals surface area contributed by atoms with Crippen molar-refractivity contribution in [3.8, 4) is 5.75 Å². The molecular weight excluding hydrogens is 336 g/mol. The molecule has 2 aromatic carbocycles. The highest BCUT2D eigenvalue weighted by Crippen LogP contribution is 2.30. The van der Waals surface area contributed by atoms with Crippen molar-refractivity contribution in [2.45, 2.75) is 13.5 Å². The van der Waals surface area contributed by atoms with Gasteiger partial charge in [0, 0.05) is 17.6 Å². The molecule has 1 aromatic heterocycles. The zero-order valence-corrected chi connectivity index (χ0v) is 14.8. The third-order valence-electron chi connectivity index (χ3n) is 3.65. The molecule has 3 rings (SSSR count). The minimum absolute atomic E-state index is 0.621. The molecule has 0 spiro atoms. The van der Waals surface area contributed by atoms with Gasteiger partial charge in [-0.2, -0.15) is 0 Å². The molecule has 0 bridgehead atoms. The number of hydrogen-bond acceptors (Lipinski definition) is 5. The topological polar surface area (TPSA) is 59.1 Å². The number of nitrogens with one attached hydrogen (secondary N) is 2. The molecule has 0 aliphatic rings. The van der Waals surface area contributed by atoms with Gasteiger partial charge in [0.05, 0.1) is 12.8 Å². The SMILES string of the molecule is COc1ccc(Cl)cc1Nc1cc(NCc2cccc(C)c2)ncn1. The molecule has 0 saturated carbocycles. The minimum Gasteiger partial charge on any atom is -0.495 e. The van der Waals surface area contributed by atoms with Crippen molar-refractivity contribution in [1.82, 2.24) is 9.97 Å². The first-order valence-corrected chi connectivity index (χ1v) is 8.24. The lowest BCUT2D eigenvalue weighted by Crippen LogP contribution is -2.03. The number of halogens is 1. The summed E-state index contributed by atoms with van der Waals surface area (Å²) >= 11 is 6.06. The van der Waals surface area contributed by atoms with Gasteiger partial charge in [0.2, 0.25) is 0 Å². The maximum Gasteiger partial charge on any atom is 0.142 e. The fourth-order valence-electron chi connectivity index (χ4n) is 2.45. The van der Waals surface area contributed by atoms with Crippen molar-refractivity contribution in [1.29, 1.82) is 0 Å². The summed E-state index contributed by atoms with van der Waals surface area (Å²) in [4.78, 5) is 8.51. The van der Waals surface area contributed by atoms with Gasteiger partial charge in [-0.1, -0.05) is 41.4 Å². The van der Waals surface area contributed by atoms with Crippen LogP contribution < -0.4 is 15.4 Å². The summed E-state index contributed by atoms with van der Waals surface area (Å²) in [6.45, 7) is 2.77. The van der Waals surface area contributed by atoms with Crippen LogP contribution in [0.25, 0.3) is 0 Å². The molecule has 0 aliphatic carbocycles. The molecule has 5 nitrogen and oxygen atoms in total. The fraction of sp³-hybridized carbons (Fsp3) is 0.158. The third kappa shape index (κ3) is 4.61. The molecule has 0 atom stereocenters. The van der Waals surface area contributed by atoms with E-state index in [4.69, 9.17) is 16.3 Å². The zero-order valence-electron chi connectivity index (χ0n) is 14.1. The largest absolute Gasteiger partial charge is 0.495 e. The van der Waals surface area contributed by atoms with E-state index < -0.39 is 0 Å². The van der Waals surface area contributed by atoms with Crippen LogP contribution in [0.2, 0.25) is 5.02 Å². The Morgan fingerprint density at radius 3 is 2.68 bits per heavy atom. The molecule has 1 heterocycles. The maximum atomic E-state index is 6.06. The number of benzene rings is 2. The van der Waals surface area contributed by atoms with Crippen LogP contribution in [0.4, 0.5) is 17.3 Å². The van der Waals surface area contributed by atoms with Gasteiger partial charge in [0.15, 0.2) is 0 Å². The Kier molecular flexibility index (Phi) is 5.36. The number of hydrogen-bond donors (Lipinski definition) is 2. The summed E-state index contributed by atoms with van der Waals surface area (Å²) in [5, 5.41) is 7.14. The standard InChI is InChI=1S/C19H19ClN4O/c1-13-4-3-5-14(8-13)11-21-18-10-19(23-12-22-18)24-16-9-15(20)6-7-17(16)25-2/h3-10,12H,11H2,1-2H3,(H2,21,22,23,24). The van der Waals surface area contributed by atoms with E-state index in [2.05, 4.69) is 45.7 Å². The molecule has 25 heavy (non-hydrogen) atoms. The minimum atomic E-state index is 0.621. The molecule has 128 valence electrons. The first kappa shape index (κ1) is 17.0. The summed E-state index contributed by atoms with van der Waals surface area (Å²) in [5.41, 5.74) is 3.18. The number of ether oxygens (including phenoxy) is 1. The average Bonchev–Trinajstić information content (AvgIpc) is 2.61. The van der Waals surface area contributed by atoms with Crippen molar-refractivity contribution in [3.05, 3.63) is 71.0 Å². The third-order valence-corrected chi connectivity index (χ3v) is 3.88. The van der Waals surface area contributed by atoms with Gasteiger partial charge >= 0.3 is 0 Å². The van der Waals surface area contributed by atoms with Crippen LogP contribution in [-0.2, 0) is 6.54 Å². The van der Waals surface area contributed by atoms with E-state index in [0.29, 0.717) is 23.1 Å². The molecule has 0 amide bonds. The van der Waals surface area contributed by atoms with Crippen molar-refractivity contribution in [3.63, 3.8) is 0 Å². The van der Waals surface area contributed by atoms with Gasteiger partial charge in [-0.05, 0) is 30.7 Å². The number of rotatable bonds is 6. The van der Waals surface area contributed by atoms with Crippen LogP contribution in [0.1, 0.15) is 11.1 Å². The Hall–Kier alpha value is -2.79. The molecule has 0 unspecified atom stereocenters. The fourth-order valence-corrected chi connectivity index (χ4v) is 2.63. The van der Waals surface area contributed by atoms with Gasteiger partial charge in [-0.25, -0.2) is 9.97 Å². The molecular formula is C19H19ClN4O. The van der Waals surface area contributed by atoms with Gasteiger partial charge in [-0.15, -0.1) is 0 Å². The van der Waals surface area contributed by atoms with Crippen LogP contribution in [0.3, 0.4) is 0 Å². The van der Waals surface area contributed by atoms with Crippen LogP contribution >= 0.6 is 11.6 Å². The second-order valence-electron chi connectivity index (χ2n) is 5.60. The Morgan fingerprint density at radius 1 is 1.04 bits per heavy atom. The highest BCUT2D eigenvalue weighted by molar-refractivity contribution is 6.31. The number of aromatic nitrogens is 2. The Bertz CT molecular complexity index is 870. The average molecular weight is 355 g/mol. The first-order chi connectivity index (χ1) is 12.1. The van der Waals surface area contributed by atoms with Crippen LogP contribution in [0, 0.1) is 6.92 Å². The van der Waals surface area contributed by atoms with Gasteiger partial charge in [0.25, 0.3) is 0 Å². The van der Waals surface area contributed by atoms with E-state index in [-0.39, 0.29) is 0 Å². The summed E-state index contributed by atoms with van der Waals surface area (Å²) in [5.74, 6) is 2.08. The summed E-state index contributed by atoms with van der Waals surface area (Å²) in [6, 6.07) is 15.6. The molecule has 0 saturated heterocycles. The summed E-state index contributed by atoms with van der Waals surface area (Å²) < 4.78 is 5.34. The predicted octanol–water partition coefficient (Wildman–Crippen LogP) is 4.80. The van der Waals surface area contributed by atoms with Crippen LogP contribution in [-0.4, -0.2) is 17.1 Å². The lowest BCUT2D eigenvalue weighted by Gasteiger charge is -2.12. The number of methoxy groups -OCH3 is 1. The van der Waals surface area contributed by atoms with E-state index in [9.17, 15) is 0 Å². The Labute approximate surface area is 152 Å². The van der Waals surface area contributed by atoms with Gasteiger partial charge in [-0.3, -0.25) is 0 Å². The number of anilines is 3. The lowest BCUT2D eigenvalue weighted by atomic mass is 10.1. The second-order valence-corrected chi connectivity index (χ2v) is 6.04. The van der Waals surface area contributed by atoms with E-state index in [0.717, 1.165) is 11.5 Å². The number of nitrogens with zero attached hydrogens (tertiary/aromatic N) is 2. The highest BCUT2D eigenvalue weighted by Gasteiger charge is 2.06. The molecule has 3 aromatic rings. The smallest absolute Gasteiger partial charge is 0.142 e. The molecule has 6 heteroatoms. The summed E-state index contributed by atoms with van der Waals surface area (Å²) in [6.07, 6.45) is 1.51. The lowest BCUT2D eigenvalue weighted by molar-refractivity contribution is 0.417. The van der Waals surface area contributed by atoms with Gasteiger partial charge < -0.3 is 15.4 Å². The molecule has 0 fully saturated rings. The molecule has 2 N–H and O–H groups in total.